The van der Waals surface area contributed by atoms with Gasteiger partial charge in [0.25, 0.3) is 11.8 Å². The lowest BCUT2D eigenvalue weighted by Crippen LogP contribution is -2.40. The normalized spacial score (nSPS) is 12.7. The number of nitrogens with zero attached hydrogens (tertiary/aromatic N) is 2. The van der Waals surface area contributed by atoms with E-state index in [-0.39, 0.29) is 11.8 Å². The SMILES string of the molecule is CCCN1C(=O)c2cccc3c(-c4ccc(N(c5ccccc5)c5ccccc5)cc4)ccc(c23)C1=O. The number of hydrogen-bond donors (Lipinski definition) is 0. The van der Waals surface area contributed by atoms with Crippen molar-refractivity contribution < 1.29 is 9.59 Å². The lowest BCUT2D eigenvalue weighted by molar-refractivity contribution is 0.0610. The van der Waals surface area contributed by atoms with Gasteiger partial charge in [-0.15, -0.1) is 0 Å². The molecular formula is C33H26N2O2. The zero-order valence-electron chi connectivity index (χ0n) is 20.6. The van der Waals surface area contributed by atoms with E-state index >= 15 is 0 Å². The summed E-state index contributed by atoms with van der Waals surface area (Å²) >= 11 is 0. The van der Waals surface area contributed by atoms with E-state index in [1.54, 1.807) is 0 Å². The van der Waals surface area contributed by atoms with Crippen LogP contribution in [-0.4, -0.2) is 23.3 Å². The van der Waals surface area contributed by atoms with E-state index in [0.29, 0.717) is 17.7 Å². The van der Waals surface area contributed by atoms with Gasteiger partial charge in [0.2, 0.25) is 0 Å². The van der Waals surface area contributed by atoms with Gasteiger partial charge in [-0.3, -0.25) is 14.5 Å². The second-order valence-electron chi connectivity index (χ2n) is 9.20. The van der Waals surface area contributed by atoms with E-state index < -0.39 is 0 Å². The van der Waals surface area contributed by atoms with Crippen molar-refractivity contribution in [2.45, 2.75) is 13.3 Å². The van der Waals surface area contributed by atoms with Gasteiger partial charge in [0.15, 0.2) is 0 Å². The quantitative estimate of drug-likeness (QED) is 0.230. The number of imide groups is 1. The van der Waals surface area contributed by atoms with Crippen molar-refractivity contribution in [3.63, 3.8) is 0 Å². The molecule has 5 aromatic rings. The van der Waals surface area contributed by atoms with E-state index in [9.17, 15) is 9.59 Å². The first-order valence-corrected chi connectivity index (χ1v) is 12.6. The van der Waals surface area contributed by atoms with Crippen LogP contribution in [0.15, 0.2) is 115 Å². The Morgan fingerprint density at radius 3 is 1.70 bits per heavy atom. The first-order chi connectivity index (χ1) is 18.2. The molecule has 0 atom stereocenters. The van der Waals surface area contributed by atoms with E-state index in [1.165, 1.54) is 4.90 Å². The molecule has 0 fully saturated rings. The summed E-state index contributed by atoms with van der Waals surface area (Å²) in [5.74, 6) is -0.419. The van der Waals surface area contributed by atoms with Gasteiger partial charge in [-0.1, -0.05) is 73.7 Å². The fourth-order valence-corrected chi connectivity index (χ4v) is 5.22. The summed E-state index contributed by atoms with van der Waals surface area (Å²) < 4.78 is 0. The first kappa shape index (κ1) is 22.7. The van der Waals surface area contributed by atoms with Gasteiger partial charge < -0.3 is 4.90 Å². The third-order valence-corrected chi connectivity index (χ3v) is 6.90. The molecule has 180 valence electrons. The molecule has 0 bridgehead atoms. The fourth-order valence-electron chi connectivity index (χ4n) is 5.22. The van der Waals surface area contributed by atoms with Crippen LogP contribution >= 0.6 is 0 Å². The van der Waals surface area contributed by atoms with E-state index in [4.69, 9.17) is 0 Å². The van der Waals surface area contributed by atoms with Crippen LogP contribution in [0.3, 0.4) is 0 Å². The minimum Gasteiger partial charge on any atom is -0.311 e. The molecule has 1 aliphatic rings. The zero-order chi connectivity index (χ0) is 25.4. The molecule has 1 heterocycles. The molecule has 6 rings (SSSR count). The van der Waals surface area contributed by atoms with Gasteiger partial charge in [0.05, 0.1) is 0 Å². The van der Waals surface area contributed by atoms with Crippen molar-refractivity contribution in [1.82, 2.24) is 4.90 Å². The maximum absolute atomic E-state index is 13.1. The molecule has 0 saturated heterocycles. The Bertz CT molecular complexity index is 1550. The number of carbonyl (C=O) groups excluding carboxylic acids is 2. The standard InChI is InChI=1S/C33H26N2O2/c1-2-22-34-32(36)29-15-9-14-28-27(20-21-30(31(28)29)33(34)37)23-16-18-26(19-17-23)35(24-10-5-3-6-11-24)25-12-7-4-8-13-25/h3-21H,2,22H2,1H3. The van der Waals surface area contributed by atoms with Crippen molar-refractivity contribution in [2.75, 3.05) is 11.4 Å². The molecule has 4 nitrogen and oxygen atoms in total. The van der Waals surface area contributed by atoms with Gasteiger partial charge in [-0.25, -0.2) is 0 Å². The van der Waals surface area contributed by atoms with Crippen molar-refractivity contribution in [2.24, 2.45) is 0 Å². The second kappa shape index (κ2) is 9.40. The number of amides is 2. The molecular weight excluding hydrogens is 456 g/mol. The van der Waals surface area contributed by atoms with E-state index in [2.05, 4.69) is 53.4 Å². The Morgan fingerprint density at radius 1 is 0.568 bits per heavy atom. The number of rotatable bonds is 6. The Balaban J connectivity index is 1.44. The molecule has 0 spiro atoms. The average molecular weight is 483 g/mol. The van der Waals surface area contributed by atoms with Crippen LogP contribution in [0.25, 0.3) is 21.9 Å². The van der Waals surface area contributed by atoms with Crippen molar-refractivity contribution in [3.05, 3.63) is 126 Å². The number of anilines is 3. The summed E-state index contributed by atoms with van der Waals surface area (Å²) in [5.41, 5.74) is 6.43. The van der Waals surface area contributed by atoms with E-state index in [1.807, 2.05) is 73.7 Å². The van der Waals surface area contributed by atoms with Gasteiger partial charge >= 0.3 is 0 Å². The highest BCUT2D eigenvalue weighted by Crippen LogP contribution is 2.39. The summed E-state index contributed by atoms with van der Waals surface area (Å²) in [6.45, 7) is 2.40. The Hall–Kier alpha value is -4.70. The summed E-state index contributed by atoms with van der Waals surface area (Å²) in [4.78, 5) is 29.9. The topological polar surface area (TPSA) is 40.6 Å². The zero-order valence-corrected chi connectivity index (χ0v) is 20.6. The van der Waals surface area contributed by atoms with Crippen molar-refractivity contribution in [1.29, 1.82) is 0 Å². The summed E-state index contributed by atoms with van der Waals surface area (Å²) in [5, 5.41) is 1.67. The molecule has 4 heteroatoms. The van der Waals surface area contributed by atoms with Gasteiger partial charge in [-0.05, 0) is 71.5 Å². The monoisotopic (exact) mass is 482 g/mol. The Morgan fingerprint density at radius 2 is 1.11 bits per heavy atom. The smallest absolute Gasteiger partial charge is 0.261 e. The summed E-state index contributed by atoms with van der Waals surface area (Å²) in [6, 6.07) is 38.6. The first-order valence-electron chi connectivity index (χ1n) is 12.6. The number of carbonyl (C=O) groups is 2. The highest BCUT2D eigenvalue weighted by molar-refractivity contribution is 6.26. The third kappa shape index (κ3) is 3.87. The molecule has 0 N–H and O–H groups in total. The number of para-hydroxylation sites is 2. The predicted octanol–water partition coefficient (Wildman–Crippen LogP) is 7.98. The minimum absolute atomic E-state index is 0.209. The summed E-state index contributed by atoms with van der Waals surface area (Å²) in [6.07, 6.45) is 0.732. The van der Waals surface area contributed by atoms with Crippen LogP contribution in [0.4, 0.5) is 17.1 Å². The minimum atomic E-state index is -0.209. The number of hydrogen-bond acceptors (Lipinski definition) is 3. The van der Waals surface area contributed by atoms with Crippen LogP contribution < -0.4 is 4.90 Å². The average Bonchev–Trinajstić information content (AvgIpc) is 2.95. The van der Waals surface area contributed by atoms with Crippen LogP contribution in [-0.2, 0) is 0 Å². The molecule has 0 aromatic heterocycles. The van der Waals surface area contributed by atoms with Crippen molar-refractivity contribution >= 4 is 39.6 Å². The molecule has 2 amide bonds. The fraction of sp³-hybridized carbons (Fsp3) is 0.0909. The molecule has 0 unspecified atom stereocenters. The van der Waals surface area contributed by atoms with Crippen LogP contribution in [0.1, 0.15) is 34.1 Å². The third-order valence-electron chi connectivity index (χ3n) is 6.90. The van der Waals surface area contributed by atoms with Crippen LogP contribution in [0.5, 0.6) is 0 Å². The Kier molecular flexibility index (Phi) is 5.78. The lowest BCUT2D eigenvalue weighted by atomic mass is 9.89. The molecule has 0 aliphatic carbocycles. The van der Waals surface area contributed by atoms with Gasteiger partial charge in [-0.2, -0.15) is 0 Å². The largest absolute Gasteiger partial charge is 0.311 e. The highest BCUT2D eigenvalue weighted by atomic mass is 16.2. The van der Waals surface area contributed by atoms with Gasteiger partial charge in [0, 0.05) is 40.1 Å². The Labute approximate surface area is 216 Å². The maximum Gasteiger partial charge on any atom is 0.261 e. The van der Waals surface area contributed by atoms with Crippen molar-refractivity contribution in [3.8, 4) is 11.1 Å². The molecule has 0 radical (unpaired) electrons. The van der Waals surface area contributed by atoms with E-state index in [0.717, 1.165) is 45.4 Å². The van der Waals surface area contributed by atoms with Gasteiger partial charge in [0.1, 0.15) is 0 Å². The molecule has 37 heavy (non-hydrogen) atoms. The number of benzene rings is 5. The molecule has 0 saturated carbocycles. The molecule has 1 aliphatic heterocycles. The van der Waals surface area contributed by atoms with Crippen LogP contribution in [0.2, 0.25) is 0 Å². The lowest BCUT2D eigenvalue weighted by Gasteiger charge is -2.27. The predicted molar refractivity (Wildman–Crippen MR) is 150 cm³/mol. The summed E-state index contributed by atoms with van der Waals surface area (Å²) in [7, 11) is 0. The second-order valence-corrected chi connectivity index (χ2v) is 9.20. The van der Waals surface area contributed by atoms with Crippen LogP contribution in [0, 0.1) is 0 Å². The maximum atomic E-state index is 13.1. The highest BCUT2D eigenvalue weighted by Gasteiger charge is 2.32. The molecule has 5 aromatic carbocycles.